The molecule has 0 aliphatic rings. The third kappa shape index (κ3) is 18.9. The molecule has 232 valence electrons. The number of unbranched alkanes of at least 4 members (excludes halogenated alkanes) is 20. The van der Waals surface area contributed by atoms with Gasteiger partial charge in [0.25, 0.3) is 0 Å². The van der Waals surface area contributed by atoms with Crippen LogP contribution in [0.4, 0.5) is 0 Å². The molecule has 2 nitrogen and oxygen atoms in total. The largest absolute Gasteiger partial charge is 2.00 e. The second kappa shape index (κ2) is 26.7. The van der Waals surface area contributed by atoms with Crippen LogP contribution in [0.1, 0.15) is 177 Å². The van der Waals surface area contributed by atoms with E-state index in [1.165, 1.54) is 128 Å². The third-order valence-electron chi connectivity index (χ3n) is 8.78. The van der Waals surface area contributed by atoms with Crippen LogP contribution < -0.4 is 10.2 Å². The molecule has 0 aliphatic heterocycles. The fourth-order valence-corrected chi connectivity index (χ4v) is 5.99. The summed E-state index contributed by atoms with van der Waals surface area (Å²) in [7, 11) is 0. The molecular weight excluding hydrogens is 541 g/mol. The van der Waals surface area contributed by atoms with Gasteiger partial charge in [-0.2, -0.15) is 0 Å². The van der Waals surface area contributed by atoms with Crippen LogP contribution in [-0.4, -0.2) is 37.7 Å². The topological polar surface area (TPSA) is 46.1 Å². The predicted octanol–water partition coefficient (Wildman–Crippen LogP) is 10.8. The first kappa shape index (κ1) is 39.3. The maximum atomic E-state index is 12.7. The molecule has 0 saturated heterocycles. The SMILES string of the molecule is CCCCCCCCCCCCCc1ccc(Cc2ccc(CCCCCCCCCCCCC)cc2[O-])c([O-])c1.[Ca+2]. The van der Waals surface area contributed by atoms with Gasteiger partial charge in [-0.05, 0) is 43.2 Å². The first-order valence-electron chi connectivity index (χ1n) is 17.7. The maximum absolute atomic E-state index is 12.7. The van der Waals surface area contributed by atoms with Crippen molar-refractivity contribution in [2.45, 2.75) is 174 Å². The summed E-state index contributed by atoms with van der Waals surface area (Å²) in [5.74, 6) is 0.157. The van der Waals surface area contributed by atoms with Crippen LogP contribution in [0.2, 0.25) is 0 Å². The van der Waals surface area contributed by atoms with E-state index in [0.717, 1.165) is 47.9 Å². The zero-order chi connectivity index (χ0) is 29.4. The summed E-state index contributed by atoms with van der Waals surface area (Å²) in [4.78, 5) is 0. The summed E-state index contributed by atoms with van der Waals surface area (Å²) in [6.07, 6.45) is 31.8. The van der Waals surface area contributed by atoms with E-state index in [2.05, 4.69) is 26.0 Å². The molecule has 0 radical (unpaired) electrons. The zero-order valence-electron chi connectivity index (χ0n) is 27.7. The van der Waals surface area contributed by atoms with Crippen molar-refractivity contribution in [3.63, 3.8) is 0 Å². The Morgan fingerprint density at radius 1 is 0.405 bits per heavy atom. The quantitative estimate of drug-likeness (QED) is 0.0794. The maximum Gasteiger partial charge on any atom is 2.00 e. The molecule has 0 bridgehead atoms. The number of aryl methyl sites for hydroxylation is 2. The monoisotopic (exact) mass is 602 g/mol. The fourth-order valence-electron chi connectivity index (χ4n) is 5.99. The minimum absolute atomic E-state index is 0. The van der Waals surface area contributed by atoms with E-state index in [1.54, 1.807) is 12.1 Å². The number of rotatable bonds is 26. The average molecular weight is 603 g/mol. The molecule has 42 heavy (non-hydrogen) atoms. The first-order valence-corrected chi connectivity index (χ1v) is 17.7. The summed E-state index contributed by atoms with van der Waals surface area (Å²) in [5, 5.41) is 25.5. The average Bonchev–Trinajstić information content (AvgIpc) is 2.97. The van der Waals surface area contributed by atoms with E-state index in [1.807, 2.05) is 12.1 Å². The van der Waals surface area contributed by atoms with Gasteiger partial charge in [0.2, 0.25) is 0 Å². The van der Waals surface area contributed by atoms with Gasteiger partial charge in [-0.1, -0.05) is 190 Å². The second-order valence-electron chi connectivity index (χ2n) is 12.6. The van der Waals surface area contributed by atoms with Crippen LogP contribution in [-0.2, 0) is 19.3 Å². The Kier molecular flexibility index (Phi) is 25.0. The Morgan fingerprint density at radius 2 is 0.690 bits per heavy atom. The van der Waals surface area contributed by atoms with Crippen molar-refractivity contribution in [2.75, 3.05) is 0 Å². The van der Waals surface area contributed by atoms with Crippen LogP contribution in [0.25, 0.3) is 0 Å². The Bertz CT molecular complexity index is 836. The van der Waals surface area contributed by atoms with Crippen molar-refractivity contribution in [1.29, 1.82) is 0 Å². The molecular formula is C39H62CaO2. The van der Waals surface area contributed by atoms with E-state index in [9.17, 15) is 10.2 Å². The van der Waals surface area contributed by atoms with E-state index in [0.29, 0.717) is 6.42 Å². The van der Waals surface area contributed by atoms with Crippen molar-refractivity contribution in [2.24, 2.45) is 0 Å². The van der Waals surface area contributed by atoms with Crippen molar-refractivity contribution < 1.29 is 10.2 Å². The van der Waals surface area contributed by atoms with E-state index in [-0.39, 0.29) is 49.2 Å². The molecule has 2 aromatic carbocycles. The van der Waals surface area contributed by atoms with Gasteiger partial charge in [0, 0.05) is 0 Å². The smallest absolute Gasteiger partial charge is 0.872 e. The zero-order valence-corrected chi connectivity index (χ0v) is 29.9. The number of hydrogen-bond acceptors (Lipinski definition) is 2. The summed E-state index contributed by atoms with van der Waals surface area (Å²) in [5.41, 5.74) is 3.75. The van der Waals surface area contributed by atoms with Crippen LogP contribution in [0, 0.1) is 0 Å². The molecule has 0 N–H and O–H groups in total. The van der Waals surface area contributed by atoms with Crippen LogP contribution in [0.5, 0.6) is 11.5 Å². The molecule has 0 amide bonds. The summed E-state index contributed by atoms with van der Waals surface area (Å²) < 4.78 is 0. The third-order valence-corrected chi connectivity index (χ3v) is 8.78. The normalized spacial score (nSPS) is 11.1. The van der Waals surface area contributed by atoms with Gasteiger partial charge < -0.3 is 10.2 Å². The molecule has 0 atom stereocenters. The Morgan fingerprint density at radius 3 is 0.976 bits per heavy atom. The van der Waals surface area contributed by atoms with Gasteiger partial charge in [-0.3, -0.25) is 0 Å². The van der Waals surface area contributed by atoms with Gasteiger partial charge in [-0.25, -0.2) is 0 Å². The number of hydrogen-bond donors (Lipinski definition) is 0. The minimum atomic E-state index is 0. The van der Waals surface area contributed by atoms with E-state index in [4.69, 9.17) is 0 Å². The van der Waals surface area contributed by atoms with Crippen molar-refractivity contribution in [3.05, 3.63) is 58.7 Å². The van der Waals surface area contributed by atoms with E-state index >= 15 is 0 Å². The first-order chi connectivity index (χ1) is 20.1. The standard InChI is InChI=1S/C39H64O2.Ca/c1-3-5-7-9-11-13-15-17-19-21-23-25-34-27-29-36(38(40)31-34)33-37-30-28-35(32-39(37)41)26-24-22-20-18-16-14-12-10-8-6-4-2;/h27-32,40-41H,3-26,33H2,1-2H3;/q;+2/p-2. The Labute approximate surface area is 290 Å². The van der Waals surface area contributed by atoms with Gasteiger partial charge in [0.15, 0.2) is 0 Å². The Balaban J connectivity index is 0.00000882. The minimum Gasteiger partial charge on any atom is -0.872 e. The van der Waals surface area contributed by atoms with Crippen molar-refractivity contribution >= 4 is 37.7 Å². The molecule has 2 rings (SSSR count). The Hall–Kier alpha value is -0.700. The van der Waals surface area contributed by atoms with E-state index < -0.39 is 0 Å². The molecule has 0 aromatic heterocycles. The van der Waals surface area contributed by atoms with Gasteiger partial charge in [0.1, 0.15) is 0 Å². The second-order valence-corrected chi connectivity index (χ2v) is 12.6. The van der Waals surface area contributed by atoms with Crippen LogP contribution in [0.3, 0.4) is 0 Å². The van der Waals surface area contributed by atoms with Gasteiger partial charge in [0.05, 0.1) is 0 Å². The molecule has 0 spiro atoms. The number of benzene rings is 2. The van der Waals surface area contributed by atoms with Gasteiger partial charge in [-0.15, -0.1) is 11.5 Å². The molecule has 0 heterocycles. The van der Waals surface area contributed by atoms with Crippen LogP contribution in [0.15, 0.2) is 36.4 Å². The molecule has 0 fully saturated rings. The van der Waals surface area contributed by atoms with Crippen molar-refractivity contribution in [3.8, 4) is 11.5 Å². The fraction of sp³-hybridized carbons (Fsp3) is 0.692. The molecule has 0 saturated carbocycles. The van der Waals surface area contributed by atoms with Crippen LogP contribution >= 0.6 is 0 Å². The summed E-state index contributed by atoms with van der Waals surface area (Å²) in [6.45, 7) is 4.55. The van der Waals surface area contributed by atoms with Crippen molar-refractivity contribution in [1.82, 2.24) is 0 Å². The summed E-state index contributed by atoms with van der Waals surface area (Å²) >= 11 is 0. The predicted molar refractivity (Wildman–Crippen MR) is 181 cm³/mol. The molecule has 0 aliphatic carbocycles. The molecule has 2 aromatic rings. The molecule has 0 unspecified atom stereocenters. The molecule has 3 heteroatoms. The summed E-state index contributed by atoms with van der Waals surface area (Å²) in [6, 6.07) is 11.7. The van der Waals surface area contributed by atoms with Gasteiger partial charge >= 0.3 is 37.7 Å².